The second kappa shape index (κ2) is 11.1. The van der Waals surface area contributed by atoms with Crippen molar-refractivity contribution < 1.29 is 9.53 Å². The molecule has 0 bridgehead atoms. The molecule has 0 aliphatic heterocycles. The van der Waals surface area contributed by atoms with Crippen molar-refractivity contribution in [1.29, 1.82) is 0 Å². The molecule has 5 aromatic rings. The Morgan fingerprint density at radius 1 is 0.897 bits per heavy atom. The quantitative estimate of drug-likeness (QED) is 0.239. The van der Waals surface area contributed by atoms with Gasteiger partial charge in [-0.1, -0.05) is 54.6 Å². The highest BCUT2D eigenvalue weighted by Crippen LogP contribution is 2.28. The molecule has 3 aromatic carbocycles. The van der Waals surface area contributed by atoms with Gasteiger partial charge >= 0.3 is 0 Å². The average Bonchev–Trinajstić information content (AvgIpc) is 3.18. The molecular weight excluding hydrogens is 484 g/mol. The first-order valence-corrected chi connectivity index (χ1v) is 13.3. The van der Waals surface area contributed by atoms with Gasteiger partial charge < -0.3 is 14.6 Å². The van der Waals surface area contributed by atoms with Crippen LogP contribution in [-0.4, -0.2) is 26.5 Å². The number of nitrogens with one attached hydrogen (secondary N) is 1. The maximum atomic E-state index is 13.1. The van der Waals surface area contributed by atoms with Gasteiger partial charge in [0.05, 0.1) is 30.2 Å². The minimum absolute atomic E-state index is 0.0272. The Labute approximate surface area is 229 Å². The molecule has 2 aromatic heterocycles. The van der Waals surface area contributed by atoms with Crippen LogP contribution in [0.5, 0.6) is 5.88 Å². The van der Waals surface area contributed by atoms with Crippen molar-refractivity contribution in [2.75, 3.05) is 0 Å². The topological polar surface area (TPSA) is 69.0 Å². The second-order valence-corrected chi connectivity index (χ2v) is 10.2. The van der Waals surface area contributed by atoms with Crippen molar-refractivity contribution >= 4 is 16.8 Å². The molecule has 0 aliphatic carbocycles. The zero-order chi connectivity index (χ0) is 27.5. The Balaban J connectivity index is 1.32. The number of aromatic nitrogens is 3. The SMILES string of the molecule is Cc1c(C)n(Cc2ccc(-c3ccccc3)cc2)c2ccc(C(=O)N[C@@H](C)c3cnc(OC(C)C)cn3)cc12. The van der Waals surface area contributed by atoms with E-state index in [-0.39, 0.29) is 18.1 Å². The third kappa shape index (κ3) is 5.70. The number of benzene rings is 3. The monoisotopic (exact) mass is 518 g/mol. The lowest BCUT2D eigenvalue weighted by atomic mass is 10.0. The van der Waals surface area contributed by atoms with Gasteiger partial charge in [-0.05, 0) is 75.1 Å². The van der Waals surface area contributed by atoms with Gasteiger partial charge in [0, 0.05) is 28.7 Å². The van der Waals surface area contributed by atoms with Crippen LogP contribution in [0, 0.1) is 13.8 Å². The van der Waals surface area contributed by atoms with Gasteiger partial charge in [0.1, 0.15) is 0 Å². The highest BCUT2D eigenvalue weighted by Gasteiger charge is 2.17. The van der Waals surface area contributed by atoms with Crippen LogP contribution >= 0.6 is 0 Å². The first-order valence-electron chi connectivity index (χ1n) is 13.3. The molecule has 0 radical (unpaired) electrons. The standard InChI is InChI=1S/C33H34N4O2/c1-21(2)39-32-19-34-30(18-35-32)23(4)36-33(38)28-15-16-31-29(17-28)22(3)24(5)37(31)20-25-11-13-27(14-12-25)26-9-7-6-8-10-26/h6-19,21,23H,20H2,1-5H3,(H,36,38)/t23-/m0/s1. The van der Waals surface area contributed by atoms with Gasteiger partial charge in [0.25, 0.3) is 5.91 Å². The van der Waals surface area contributed by atoms with Crippen LogP contribution in [0.4, 0.5) is 0 Å². The molecule has 39 heavy (non-hydrogen) atoms. The fourth-order valence-corrected chi connectivity index (χ4v) is 4.82. The molecule has 0 fully saturated rings. The molecule has 0 saturated heterocycles. The predicted molar refractivity (Wildman–Crippen MR) is 156 cm³/mol. The first kappa shape index (κ1) is 26.2. The van der Waals surface area contributed by atoms with E-state index in [0.717, 1.165) is 17.4 Å². The number of nitrogens with zero attached hydrogens (tertiary/aromatic N) is 3. The first-order chi connectivity index (χ1) is 18.8. The van der Waals surface area contributed by atoms with E-state index in [1.165, 1.54) is 27.9 Å². The zero-order valence-electron chi connectivity index (χ0n) is 23.1. The van der Waals surface area contributed by atoms with Crippen molar-refractivity contribution in [1.82, 2.24) is 19.9 Å². The van der Waals surface area contributed by atoms with Crippen molar-refractivity contribution in [2.24, 2.45) is 0 Å². The van der Waals surface area contributed by atoms with Crippen molar-refractivity contribution in [3.05, 3.63) is 113 Å². The van der Waals surface area contributed by atoms with Crippen molar-refractivity contribution in [3.63, 3.8) is 0 Å². The number of hydrogen-bond donors (Lipinski definition) is 1. The molecule has 2 heterocycles. The third-order valence-corrected chi connectivity index (χ3v) is 7.10. The number of rotatable bonds is 8. The fourth-order valence-electron chi connectivity index (χ4n) is 4.82. The smallest absolute Gasteiger partial charge is 0.251 e. The van der Waals surface area contributed by atoms with E-state index < -0.39 is 0 Å². The average molecular weight is 519 g/mol. The molecule has 1 N–H and O–H groups in total. The Hall–Kier alpha value is -4.45. The summed E-state index contributed by atoms with van der Waals surface area (Å²) in [5.74, 6) is 0.329. The van der Waals surface area contributed by atoms with Crippen LogP contribution in [-0.2, 0) is 6.54 Å². The summed E-state index contributed by atoms with van der Waals surface area (Å²) in [5.41, 5.74) is 8.45. The number of ether oxygens (including phenoxy) is 1. The summed E-state index contributed by atoms with van der Waals surface area (Å²) in [6.45, 7) is 10.8. The minimum Gasteiger partial charge on any atom is -0.474 e. The maximum Gasteiger partial charge on any atom is 0.251 e. The lowest BCUT2D eigenvalue weighted by Crippen LogP contribution is -2.27. The third-order valence-electron chi connectivity index (χ3n) is 7.10. The van der Waals surface area contributed by atoms with Crippen LogP contribution < -0.4 is 10.1 Å². The summed E-state index contributed by atoms with van der Waals surface area (Å²) in [7, 11) is 0. The second-order valence-electron chi connectivity index (χ2n) is 10.2. The zero-order valence-corrected chi connectivity index (χ0v) is 23.1. The number of amides is 1. The number of hydrogen-bond acceptors (Lipinski definition) is 4. The van der Waals surface area contributed by atoms with Crippen molar-refractivity contribution in [2.45, 2.75) is 53.3 Å². The number of fused-ring (bicyclic) bond motifs is 1. The lowest BCUT2D eigenvalue weighted by Gasteiger charge is -2.14. The van der Waals surface area contributed by atoms with Crippen LogP contribution in [0.1, 0.15) is 59.7 Å². The minimum atomic E-state index is -0.292. The van der Waals surface area contributed by atoms with E-state index in [9.17, 15) is 4.79 Å². The lowest BCUT2D eigenvalue weighted by molar-refractivity contribution is 0.0939. The molecular formula is C33H34N4O2. The Bertz CT molecular complexity index is 1590. The van der Waals surface area contributed by atoms with E-state index in [1.807, 2.05) is 45.0 Å². The highest BCUT2D eigenvalue weighted by molar-refractivity contribution is 5.99. The molecule has 5 rings (SSSR count). The van der Waals surface area contributed by atoms with Gasteiger partial charge in [-0.2, -0.15) is 0 Å². The molecule has 198 valence electrons. The van der Waals surface area contributed by atoms with Gasteiger partial charge in [0.15, 0.2) is 0 Å². The molecule has 6 heteroatoms. The Morgan fingerprint density at radius 2 is 1.62 bits per heavy atom. The number of carbonyl (C=O) groups excluding carboxylic acids is 1. The summed E-state index contributed by atoms with van der Waals surface area (Å²) >= 11 is 0. The highest BCUT2D eigenvalue weighted by atomic mass is 16.5. The van der Waals surface area contributed by atoms with Crippen molar-refractivity contribution in [3.8, 4) is 17.0 Å². The van der Waals surface area contributed by atoms with E-state index in [4.69, 9.17) is 4.74 Å². The number of aryl methyl sites for hydroxylation is 1. The largest absolute Gasteiger partial charge is 0.474 e. The van der Waals surface area contributed by atoms with E-state index in [2.05, 4.69) is 82.2 Å². The van der Waals surface area contributed by atoms with Gasteiger partial charge in [-0.15, -0.1) is 0 Å². The fraction of sp³-hybridized carbons (Fsp3) is 0.242. The molecule has 1 atom stereocenters. The summed E-state index contributed by atoms with van der Waals surface area (Å²) in [6, 6.07) is 24.8. The number of carbonyl (C=O) groups is 1. The summed E-state index contributed by atoms with van der Waals surface area (Å²) < 4.78 is 7.88. The Kier molecular flexibility index (Phi) is 7.46. The maximum absolute atomic E-state index is 13.1. The van der Waals surface area contributed by atoms with Gasteiger partial charge in [-0.3, -0.25) is 9.78 Å². The summed E-state index contributed by atoms with van der Waals surface area (Å²) in [4.78, 5) is 21.9. The van der Waals surface area contributed by atoms with Crippen LogP contribution in [0.2, 0.25) is 0 Å². The molecule has 0 spiro atoms. The van der Waals surface area contributed by atoms with Gasteiger partial charge in [-0.25, -0.2) is 4.98 Å². The molecule has 1 amide bonds. The molecule has 0 saturated carbocycles. The normalized spacial score (nSPS) is 12.1. The Morgan fingerprint density at radius 3 is 2.28 bits per heavy atom. The van der Waals surface area contributed by atoms with E-state index in [0.29, 0.717) is 17.1 Å². The van der Waals surface area contributed by atoms with Crippen LogP contribution in [0.15, 0.2) is 85.2 Å². The van der Waals surface area contributed by atoms with E-state index >= 15 is 0 Å². The van der Waals surface area contributed by atoms with Crippen LogP contribution in [0.25, 0.3) is 22.0 Å². The summed E-state index contributed by atoms with van der Waals surface area (Å²) in [5, 5.41) is 4.13. The summed E-state index contributed by atoms with van der Waals surface area (Å²) in [6.07, 6.45) is 3.26. The predicted octanol–water partition coefficient (Wildman–Crippen LogP) is 7.04. The molecule has 0 unspecified atom stereocenters. The molecule has 0 aliphatic rings. The van der Waals surface area contributed by atoms with E-state index in [1.54, 1.807) is 12.4 Å². The molecule has 6 nitrogen and oxygen atoms in total. The van der Waals surface area contributed by atoms with Gasteiger partial charge in [0.2, 0.25) is 5.88 Å². The van der Waals surface area contributed by atoms with Crippen LogP contribution in [0.3, 0.4) is 0 Å².